The molecule has 0 N–H and O–H groups in total. The fourth-order valence-corrected chi connectivity index (χ4v) is 9.11. The van der Waals surface area contributed by atoms with Crippen molar-refractivity contribution in [2.75, 3.05) is 18.1 Å². The maximum absolute atomic E-state index is 13.7. The second-order valence-corrected chi connectivity index (χ2v) is 12.0. The number of fused-ring (bicyclic) bond motifs is 1. The molecule has 0 unspecified atom stereocenters. The Labute approximate surface area is 175 Å². The van der Waals surface area contributed by atoms with Crippen LogP contribution in [-0.4, -0.2) is 38.2 Å². The van der Waals surface area contributed by atoms with Crippen molar-refractivity contribution in [2.24, 2.45) is 0 Å². The Balaban J connectivity index is 2.08. The molecule has 10 heteroatoms. The van der Waals surface area contributed by atoms with Crippen LogP contribution in [0.2, 0.25) is 0 Å². The van der Waals surface area contributed by atoms with Crippen LogP contribution >= 0.6 is 10.3 Å². The van der Waals surface area contributed by atoms with Gasteiger partial charge in [0.2, 0.25) is 0 Å². The first-order valence-corrected chi connectivity index (χ1v) is 13.0. The lowest BCUT2D eigenvalue weighted by atomic mass is 10.1. The van der Waals surface area contributed by atoms with Gasteiger partial charge in [0.05, 0.1) is 6.61 Å². The number of unbranched alkanes of at least 4 members (excludes halogenated alkanes) is 1. The molecule has 1 aliphatic heterocycles. The Bertz CT molecular complexity index is 989. The molecule has 0 saturated carbocycles. The van der Waals surface area contributed by atoms with Crippen molar-refractivity contribution in [2.45, 2.75) is 49.2 Å². The summed E-state index contributed by atoms with van der Waals surface area (Å²) in [6.45, 7) is 2.54. The van der Waals surface area contributed by atoms with Crippen LogP contribution < -0.4 is 4.74 Å². The summed E-state index contributed by atoms with van der Waals surface area (Å²) in [5.41, 5.74) is 0. The first-order chi connectivity index (χ1) is 14.1. The lowest BCUT2D eigenvalue weighted by molar-refractivity contribution is -0.0677. The molecule has 0 bridgehead atoms. The monoisotopic (exact) mass is 468 g/mol. The highest BCUT2D eigenvalue weighted by Crippen LogP contribution is 2.65. The van der Waals surface area contributed by atoms with E-state index in [1.54, 1.807) is 36.4 Å². The summed E-state index contributed by atoms with van der Waals surface area (Å²) in [6, 6.07) is 10.4. The maximum Gasteiger partial charge on any atom is 0.429 e. The molecule has 1 aliphatic rings. The van der Waals surface area contributed by atoms with Crippen LogP contribution in [0.5, 0.6) is 5.75 Å². The van der Waals surface area contributed by atoms with Gasteiger partial charge in [0.25, 0.3) is 0 Å². The Morgan fingerprint density at radius 3 is 2.30 bits per heavy atom. The average molecular weight is 469 g/mol. The summed E-state index contributed by atoms with van der Waals surface area (Å²) in [5, 5.41) is -3.94. The molecule has 4 nitrogen and oxygen atoms in total. The molecule has 0 aliphatic carbocycles. The van der Waals surface area contributed by atoms with Crippen molar-refractivity contribution in [3.05, 3.63) is 36.4 Å². The van der Waals surface area contributed by atoms with E-state index < -0.39 is 32.1 Å². The van der Waals surface area contributed by atoms with Gasteiger partial charge in [0.1, 0.15) is 5.75 Å². The molecule has 1 fully saturated rings. The molecule has 168 valence electrons. The fourth-order valence-electron chi connectivity index (χ4n) is 3.44. The first-order valence-electron chi connectivity index (χ1n) is 9.69. The van der Waals surface area contributed by atoms with Gasteiger partial charge in [0.15, 0.2) is 0 Å². The van der Waals surface area contributed by atoms with Gasteiger partial charge in [-0.05, 0) is 36.8 Å². The van der Waals surface area contributed by atoms with E-state index in [0.717, 1.165) is 12.8 Å². The molecule has 0 aromatic heterocycles. The van der Waals surface area contributed by atoms with E-state index in [4.69, 9.17) is 8.37 Å². The molecule has 2 aromatic carbocycles. The Kier molecular flexibility index (Phi) is 6.88. The summed E-state index contributed by atoms with van der Waals surface area (Å²) in [4.78, 5) is 0.465. The smallest absolute Gasteiger partial charge is 0.429 e. The first kappa shape index (κ1) is 23.1. The highest BCUT2D eigenvalue weighted by molar-refractivity contribution is 8.33. The molecule has 0 spiro atoms. The molecule has 30 heavy (non-hydrogen) atoms. The van der Waals surface area contributed by atoms with Crippen LogP contribution in [0.3, 0.4) is 0 Å². The zero-order valence-corrected chi connectivity index (χ0v) is 18.1. The van der Waals surface area contributed by atoms with Gasteiger partial charge < -0.3 is 4.74 Å². The topological polar surface area (TPSA) is 52.6 Å². The van der Waals surface area contributed by atoms with Gasteiger partial charge >= 0.3 is 21.8 Å². The number of rotatable bonds is 9. The van der Waals surface area contributed by atoms with Crippen LogP contribution in [-0.2, 0) is 13.7 Å². The van der Waals surface area contributed by atoms with E-state index in [9.17, 15) is 26.0 Å². The number of benzene rings is 2. The van der Waals surface area contributed by atoms with Crippen LogP contribution in [0, 0.1) is 0 Å². The SMILES string of the molecule is CCCCOc1ccc(S2(OS(=O)(=O)C(F)(F)C(F)F)CCCC2)c2ccccc12. The van der Waals surface area contributed by atoms with Gasteiger partial charge in [-0.3, -0.25) is 0 Å². The van der Waals surface area contributed by atoms with Crippen LogP contribution in [0.25, 0.3) is 10.8 Å². The Morgan fingerprint density at radius 2 is 1.70 bits per heavy atom. The van der Waals surface area contributed by atoms with Crippen LogP contribution in [0.4, 0.5) is 17.6 Å². The van der Waals surface area contributed by atoms with Crippen LogP contribution in [0.15, 0.2) is 41.3 Å². The zero-order chi connectivity index (χ0) is 22.0. The van der Waals surface area contributed by atoms with E-state index in [1.165, 1.54) is 0 Å². The van der Waals surface area contributed by atoms with Gasteiger partial charge in [-0.15, -0.1) is 0 Å². The number of ether oxygens (including phenoxy) is 1. The quantitative estimate of drug-likeness (QED) is 0.330. The lowest BCUT2D eigenvalue weighted by Crippen LogP contribution is -2.38. The summed E-state index contributed by atoms with van der Waals surface area (Å²) >= 11 is 0. The second-order valence-electron chi connectivity index (χ2n) is 7.12. The average Bonchev–Trinajstić information content (AvgIpc) is 3.16. The van der Waals surface area contributed by atoms with Gasteiger partial charge in [-0.25, -0.2) is 12.4 Å². The third kappa shape index (κ3) is 4.27. The Morgan fingerprint density at radius 1 is 1.07 bits per heavy atom. The molecule has 3 rings (SSSR count). The summed E-state index contributed by atoms with van der Waals surface area (Å²) in [7, 11) is -8.56. The fraction of sp³-hybridized carbons (Fsp3) is 0.500. The normalized spacial score (nSPS) is 18.1. The second kappa shape index (κ2) is 8.92. The van der Waals surface area contributed by atoms with E-state index >= 15 is 0 Å². The lowest BCUT2D eigenvalue weighted by Gasteiger charge is -2.36. The zero-order valence-electron chi connectivity index (χ0n) is 16.5. The predicted molar refractivity (Wildman–Crippen MR) is 110 cm³/mol. The van der Waals surface area contributed by atoms with Crippen molar-refractivity contribution in [1.29, 1.82) is 0 Å². The number of hydrogen-bond acceptors (Lipinski definition) is 4. The van der Waals surface area contributed by atoms with Crippen LogP contribution in [0.1, 0.15) is 32.6 Å². The highest BCUT2D eigenvalue weighted by Gasteiger charge is 2.58. The van der Waals surface area contributed by atoms with Crippen molar-refractivity contribution in [3.63, 3.8) is 0 Å². The maximum atomic E-state index is 13.7. The molecule has 0 radical (unpaired) electrons. The van der Waals surface area contributed by atoms with E-state index in [-0.39, 0.29) is 11.5 Å². The minimum Gasteiger partial charge on any atom is -0.493 e. The third-order valence-electron chi connectivity index (χ3n) is 5.01. The minimum atomic E-state index is -5.82. The molecule has 1 saturated heterocycles. The van der Waals surface area contributed by atoms with Crippen molar-refractivity contribution in [3.8, 4) is 5.75 Å². The summed E-state index contributed by atoms with van der Waals surface area (Å²) in [6.07, 6.45) is -1.43. The molecule has 0 amide bonds. The van der Waals surface area contributed by atoms with Crippen molar-refractivity contribution in [1.82, 2.24) is 0 Å². The van der Waals surface area contributed by atoms with Gasteiger partial charge in [-0.2, -0.15) is 17.2 Å². The van der Waals surface area contributed by atoms with Crippen molar-refractivity contribution < 1.29 is 34.3 Å². The summed E-state index contributed by atoms with van der Waals surface area (Å²) < 4.78 is 88.1. The number of halogens is 4. The van der Waals surface area contributed by atoms with E-state index in [1.807, 2.05) is 6.92 Å². The predicted octanol–water partition coefficient (Wildman–Crippen LogP) is 6.10. The van der Waals surface area contributed by atoms with E-state index in [2.05, 4.69) is 0 Å². The molecular weight excluding hydrogens is 444 g/mol. The molecule has 1 heterocycles. The standard InChI is InChI=1S/C20H24F4O4S2/c1-2-3-12-27-17-10-11-18(16-9-5-4-8-15(16)17)29(13-6-7-14-29)28-30(25,26)20(23,24)19(21)22/h4-5,8-11,19H,2-3,6-7,12-14H2,1H3. The highest BCUT2D eigenvalue weighted by atomic mass is 32.3. The number of alkyl halides is 4. The molecule has 0 atom stereocenters. The minimum absolute atomic E-state index is 0.214. The summed E-state index contributed by atoms with van der Waals surface area (Å²) in [5.74, 6) is 1.02. The van der Waals surface area contributed by atoms with Gasteiger partial charge in [0, 0.05) is 21.8 Å². The largest absolute Gasteiger partial charge is 0.493 e. The number of hydrogen-bond donors (Lipinski definition) is 0. The molecular formula is C20H24F4O4S2. The Hall–Kier alpha value is -1.52. The van der Waals surface area contributed by atoms with Crippen molar-refractivity contribution >= 4 is 31.2 Å². The third-order valence-corrected chi connectivity index (χ3v) is 10.7. The van der Waals surface area contributed by atoms with Gasteiger partial charge in [-0.1, -0.05) is 47.9 Å². The van der Waals surface area contributed by atoms with E-state index in [0.29, 0.717) is 40.9 Å². The molecule has 2 aromatic rings.